The van der Waals surface area contributed by atoms with E-state index in [-0.39, 0.29) is 0 Å². The maximum absolute atomic E-state index is 4.65. The molecule has 0 atom stereocenters. The van der Waals surface area contributed by atoms with Gasteiger partial charge in [-0.1, -0.05) is 6.42 Å². The van der Waals surface area contributed by atoms with Crippen LogP contribution in [0.3, 0.4) is 0 Å². The maximum atomic E-state index is 4.65. The summed E-state index contributed by atoms with van der Waals surface area (Å²) in [5.41, 5.74) is 1.48. The van der Waals surface area contributed by atoms with Gasteiger partial charge in [0.25, 0.3) is 0 Å². The normalized spacial score (nSPS) is 17.9. The van der Waals surface area contributed by atoms with E-state index in [1.54, 1.807) is 0 Å². The van der Waals surface area contributed by atoms with Crippen molar-refractivity contribution < 1.29 is 0 Å². The molecule has 0 radical (unpaired) electrons. The standard InChI is InChI=1S/C11H22N2/c1-13(2)10-6-9-12-11-7-4-3-5-8-11/h3-10H2,1-2H3. The Labute approximate surface area is 82.0 Å². The summed E-state index contributed by atoms with van der Waals surface area (Å²) in [4.78, 5) is 6.87. The van der Waals surface area contributed by atoms with Crippen molar-refractivity contribution in [1.29, 1.82) is 0 Å². The Morgan fingerprint density at radius 3 is 2.46 bits per heavy atom. The summed E-state index contributed by atoms with van der Waals surface area (Å²) in [6, 6.07) is 0. The number of hydrogen-bond acceptors (Lipinski definition) is 2. The third-order valence-electron chi connectivity index (χ3n) is 2.53. The van der Waals surface area contributed by atoms with Gasteiger partial charge < -0.3 is 4.90 Å². The third-order valence-corrected chi connectivity index (χ3v) is 2.53. The lowest BCUT2D eigenvalue weighted by atomic mass is 9.98. The molecular formula is C11H22N2. The van der Waals surface area contributed by atoms with Gasteiger partial charge in [0.05, 0.1) is 0 Å². The van der Waals surface area contributed by atoms with E-state index in [9.17, 15) is 0 Å². The first-order chi connectivity index (χ1) is 6.29. The van der Waals surface area contributed by atoms with Crippen LogP contribution in [0.25, 0.3) is 0 Å². The summed E-state index contributed by atoms with van der Waals surface area (Å²) in [5.74, 6) is 0. The highest BCUT2D eigenvalue weighted by Gasteiger charge is 2.05. The predicted molar refractivity (Wildman–Crippen MR) is 58.6 cm³/mol. The molecule has 2 heteroatoms. The SMILES string of the molecule is CN(C)CCCN=C1CCCCC1. The summed E-state index contributed by atoms with van der Waals surface area (Å²) in [7, 11) is 4.24. The lowest BCUT2D eigenvalue weighted by molar-refractivity contribution is 0.403. The van der Waals surface area contributed by atoms with E-state index in [0.717, 1.165) is 13.1 Å². The molecule has 76 valence electrons. The second kappa shape index (κ2) is 6.14. The molecule has 13 heavy (non-hydrogen) atoms. The van der Waals surface area contributed by atoms with Gasteiger partial charge in [0.1, 0.15) is 0 Å². The van der Waals surface area contributed by atoms with Crippen LogP contribution >= 0.6 is 0 Å². The molecule has 1 rings (SSSR count). The maximum Gasteiger partial charge on any atom is 0.0400 e. The Kier molecular flexibility index (Phi) is 5.06. The zero-order chi connectivity index (χ0) is 9.52. The summed E-state index contributed by atoms with van der Waals surface area (Å²) in [6.45, 7) is 2.20. The van der Waals surface area contributed by atoms with Crippen molar-refractivity contribution in [2.24, 2.45) is 4.99 Å². The summed E-state index contributed by atoms with van der Waals surface area (Å²) in [6.07, 6.45) is 7.89. The molecule has 0 aromatic heterocycles. The van der Waals surface area contributed by atoms with E-state index in [4.69, 9.17) is 0 Å². The van der Waals surface area contributed by atoms with Gasteiger partial charge in [0.15, 0.2) is 0 Å². The Bertz CT molecular complexity index is 153. The van der Waals surface area contributed by atoms with Crippen molar-refractivity contribution in [3.8, 4) is 0 Å². The van der Waals surface area contributed by atoms with Crippen molar-refractivity contribution in [2.75, 3.05) is 27.2 Å². The molecule has 0 unspecified atom stereocenters. The first-order valence-electron chi connectivity index (χ1n) is 5.46. The van der Waals surface area contributed by atoms with Crippen LogP contribution in [0.4, 0.5) is 0 Å². The van der Waals surface area contributed by atoms with Gasteiger partial charge >= 0.3 is 0 Å². The van der Waals surface area contributed by atoms with Gasteiger partial charge in [-0.3, -0.25) is 4.99 Å². The Balaban J connectivity index is 2.08. The second-order valence-corrected chi connectivity index (χ2v) is 4.17. The molecular weight excluding hydrogens is 160 g/mol. The average molecular weight is 182 g/mol. The van der Waals surface area contributed by atoms with E-state index in [2.05, 4.69) is 24.0 Å². The summed E-state index contributed by atoms with van der Waals surface area (Å²) in [5, 5.41) is 0. The van der Waals surface area contributed by atoms with Gasteiger partial charge in [-0.05, 0) is 52.7 Å². The zero-order valence-electron chi connectivity index (χ0n) is 9.05. The van der Waals surface area contributed by atoms with Crippen LogP contribution in [0, 0.1) is 0 Å². The van der Waals surface area contributed by atoms with E-state index in [1.807, 2.05) is 0 Å². The molecule has 0 amide bonds. The van der Waals surface area contributed by atoms with Crippen LogP contribution in [-0.4, -0.2) is 37.8 Å². The Morgan fingerprint density at radius 1 is 1.15 bits per heavy atom. The molecule has 0 aromatic rings. The number of aliphatic imine (C=N–C) groups is 1. The smallest absolute Gasteiger partial charge is 0.0400 e. The van der Waals surface area contributed by atoms with Crippen LogP contribution < -0.4 is 0 Å². The molecule has 0 bridgehead atoms. The molecule has 2 nitrogen and oxygen atoms in total. The molecule has 0 saturated heterocycles. The first-order valence-corrected chi connectivity index (χ1v) is 5.46. The van der Waals surface area contributed by atoms with Gasteiger partial charge in [-0.25, -0.2) is 0 Å². The molecule has 0 heterocycles. The van der Waals surface area contributed by atoms with Crippen LogP contribution in [0.2, 0.25) is 0 Å². The topological polar surface area (TPSA) is 15.6 Å². The van der Waals surface area contributed by atoms with Gasteiger partial charge in [0, 0.05) is 12.3 Å². The van der Waals surface area contributed by atoms with E-state index < -0.39 is 0 Å². The minimum atomic E-state index is 1.04. The summed E-state index contributed by atoms with van der Waals surface area (Å²) >= 11 is 0. The van der Waals surface area contributed by atoms with Crippen LogP contribution in [0.1, 0.15) is 38.5 Å². The average Bonchev–Trinajstić information content (AvgIpc) is 2.14. The zero-order valence-corrected chi connectivity index (χ0v) is 9.05. The van der Waals surface area contributed by atoms with Crippen molar-refractivity contribution in [3.05, 3.63) is 0 Å². The Hall–Kier alpha value is -0.370. The first kappa shape index (κ1) is 10.7. The third kappa shape index (κ3) is 5.04. The highest BCUT2D eigenvalue weighted by molar-refractivity contribution is 5.84. The van der Waals surface area contributed by atoms with Gasteiger partial charge in [-0.15, -0.1) is 0 Å². The van der Waals surface area contributed by atoms with Gasteiger partial charge in [-0.2, -0.15) is 0 Å². The quantitative estimate of drug-likeness (QED) is 0.609. The number of nitrogens with zero attached hydrogens (tertiary/aromatic N) is 2. The number of rotatable bonds is 4. The fourth-order valence-corrected chi connectivity index (χ4v) is 1.74. The molecule has 0 aromatic carbocycles. The molecule has 1 aliphatic rings. The Morgan fingerprint density at radius 2 is 1.85 bits per heavy atom. The molecule has 0 aliphatic heterocycles. The van der Waals surface area contributed by atoms with Crippen molar-refractivity contribution in [1.82, 2.24) is 4.90 Å². The molecule has 0 N–H and O–H groups in total. The molecule has 0 spiro atoms. The van der Waals surface area contributed by atoms with Crippen molar-refractivity contribution in [3.63, 3.8) is 0 Å². The minimum absolute atomic E-state index is 1.04. The number of hydrogen-bond donors (Lipinski definition) is 0. The highest BCUT2D eigenvalue weighted by atomic mass is 15.0. The van der Waals surface area contributed by atoms with Crippen LogP contribution in [0.15, 0.2) is 4.99 Å². The van der Waals surface area contributed by atoms with Gasteiger partial charge in [0.2, 0.25) is 0 Å². The largest absolute Gasteiger partial charge is 0.309 e. The molecule has 1 saturated carbocycles. The molecule has 1 aliphatic carbocycles. The fourth-order valence-electron chi connectivity index (χ4n) is 1.74. The van der Waals surface area contributed by atoms with Crippen LogP contribution in [-0.2, 0) is 0 Å². The molecule has 1 fully saturated rings. The van der Waals surface area contributed by atoms with Crippen LogP contribution in [0.5, 0.6) is 0 Å². The second-order valence-electron chi connectivity index (χ2n) is 4.17. The monoisotopic (exact) mass is 182 g/mol. The summed E-state index contributed by atoms with van der Waals surface area (Å²) < 4.78 is 0. The highest BCUT2D eigenvalue weighted by Crippen LogP contribution is 2.14. The predicted octanol–water partition coefficient (Wildman–Crippen LogP) is 2.34. The van der Waals surface area contributed by atoms with E-state index >= 15 is 0 Å². The van der Waals surface area contributed by atoms with Crippen molar-refractivity contribution in [2.45, 2.75) is 38.5 Å². The fraction of sp³-hybridized carbons (Fsp3) is 0.909. The van der Waals surface area contributed by atoms with E-state index in [0.29, 0.717) is 0 Å². The van der Waals surface area contributed by atoms with Crippen molar-refractivity contribution >= 4 is 5.71 Å². The lowest BCUT2D eigenvalue weighted by Crippen LogP contribution is -2.14. The van der Waals surface area contributed by atoms with E-state index in [1.165, 1.54) is 44.2 Å². The lowest BCUT2D eigenvalue weighted by Gasteiger charge is -2.12. The minimum Gasteiger partial charge on any atom is -0.309 e.